The Morgan fingerprint density at radius 1 is 1.42 bits per heavy atom. The van der Waals surface area contributed by atoms with E-state index in [1.165, 1.54) is 6.07 Å². The highest BCUT2D eigenvalue weighted by atomic mass is 79.9. The maximum atomic E-state index is 13.7. The van der Waals surface area contributed by atoms with E-state index in [0.717, 1.165) is 8.66 Å². The molecule has 0 saturated heterocycles. The number of nitrogens with zero attached hydrogens (tertiary/aromatic N) is 1. The van der Waals surface area contributed by atoms with E-state index in [0.29, 0.717) is 16.8 Å². The van der Waals surface area contributed by atoms with Crippen molar-refractivity contribution in [1.29, 1.82) is 5.26 Å². The minimum Gasteiger partial charge on any atom is -0.377 e. The van der Waals surface area contributed by atoms with E-state index < -0.39 is 0 Å². The van der Waals surface area contributed by atoms with Gasteiger partial charge < -0.3 is 5.32 Å². The van der Waals surface area contributed by atoms with Crippen LogP contribution in [0.5, 0.6) is 0 Å². The van der Waals surface area contributed by atoms with Crippen molar-refractivity contribution in [2.24, 2.45) is 0 Å². The summed E-state index contributed by atoms with van der Waals surface area (Å²) in [5.74, 6) is -0.360. The van der Waals surface area contributed by atoms with E-state index in [-0.39, 0.29) is 11.9 Å². The van der Waals surface area contributed by atoms with Crippen molar-refractivity contribution in [2.45, 2.75) is 19.9 Å². The quantitative estimate of drug-likeness (QED) is 0.854. The Kier molecular flexibility index (Phi) is 4.23. The molecule has 19 heavy (non-hydrogen) atoms. The molecule has 0 amide bonds. The Bertz CT molecular complexity index is 645. The number of hydrogen-bond donors (Lipinski definition) is 1. The van der Waals surface area contributed by atoms with E-state index in [1.54, 1.807) is 24.3 Å². The molecule has 2 rings (SSSR count). The smallest absolute Gasteiger partial charge is 0.129 e. The maximum absolute atomic E-state index is 13.7. The summed E-state index contributed by atoms with van der Waals surface area (Å²) in [5, 5.41) is 12.1. The van der Waals surface area contributed by atoms with Gasteiger partial charge in [-0.3, -0.25) is 0 Å². The number of nitriles is 1. The molecule has 0 aliphatic carbocycles. The number of thiophene rings is 1. The van der Waals surface area contributed by atoms with Crippen molar-refractivity contribution in [3.8, 4) is 6.07 Å². The Balaban J connectivity index is 2.28. The van der Waals surface area contributed by atoms with Crippen LogP contribution in [-0.2, 0) is 0 Å². The zero-order chi connectivity index (χ0) is 14.0. The lowest BCUT2D eigenvalue weighted by Crippen LogP contribution is -2.07. The number of hydrogen-bond acceptors (Lipinski definition) is 3. The lowest BCUT2D eigenvalue weighted by molar-refractivity contribution is 0.618. The predicted molar refractivity (Wildman–Crippen MR) is 79.9 cm³/mol. The molecule has 0 fully saturated rings. The highest BCUT2D eigenvalue weighted by Gasteiger charge is 2.12. The lowest BCUT2D eigenvalue weighted by atomic mass is 10.1. The van der Waals surface area contributed by atoms with Gasteiger partial charge in [-0.25, -0.2) is 4.39 Å². The average Bonchev–Trinajstić information content (AvgIpc) is 2.81. The molecule has 0 aliphatic heterocycles. The van der Waals surface area contributed by atoms with Crippen LogP contribution in [0.4, 0.5) is 10.1 Å². The van der Waals surface area contributed by atoms with Crippen molar-refractivity contribution in [3.05, 3.63) is 49.9 Å². The summed E-state index contributed by atoms with van der Waals surface area (Å²) >= 11 is 5.05. The summed E-state index contributed by atoms with van der Waals surface area (Å²) < 4.78 is 14.7. The third kappa shape index (κ3) is 3.14. The van der Waals surface area contributed by atoms with Gasteiger partial charge in [0.15, 0.2) is 0 Å². The van der Waals surface area contributed by atoms with Gasteiger partial charge in [-0.05, 0) is 54.0 Å². The van der Waals surface area contributed by atoms with Crippen molar-refractivity contribution >= 4 is 33.0 Å². The van der Waals surface area contributed by atoms with E-state index in [2.05, 4.69) is 21.2 Å². The van der Waals surface area contributed by atoms with Crippen LogP contribution < -0.4 is 5.32 Å². The van der Waals surface area contributed by atoms with Gasteiger partial charge in [0.1, 0.15) is 5.82 Å². The van der Waals surface area contributed by atoms with Gasteiger partial charge in [0, 0.05) is 16.1 Å². The van der Waals surface area contributed by atoms with E-state index in [1.807, 2.05) is 25.1 Å². The highest BCUT2D eigenvalue weighted by Crippen LogP contribution is 2.31. The second-order valence-corrected chi connectivity index (χ2v) is 6.74. The predicted octanol–water partition coefficient (Wildman–Crippen LogP) is 5.00. The molecule has 2 nitrogen and oxygen atoms in total. The van der Waals surface area contributed by atoms with Crippen LogP contribution in [0.2, 0.25) is 0 Å². The van der Waals surface area contributed by atoms with Crippen molar-refractivity contribution in [3.63, 3.8) is 0 Å². The number of rotatable bonds is 3. The molecule has 1 atom stereocenters. The zero-order valence-corrected chi connectivity index (χ0v) is 12.9. The molecule has 0 spiro atoms. The lowest BCUT2D eigenvalue weighted by Gasteiger charge is -2.16. The molecule has 0 aliphatic rings. The second kappa shape index (κ2) is 5.72. The molecule has 0 saturated carbocycles. The van der Waals surface area contributed by atoms with Crippen molar-refractivity contribution in [1.82, 2.24) is 0 Å². The molecular formula is C14H12BrFN2S. The van der Waals surface area contributed by atoms with E-state index in [4.69, 9.17) is 5.26 Å². The Morgan fingerprint density at radius 2 is 2.16 bits per heavy atom. The van der Waals surface area contributed by atoms with Crippen molar-refractivity contribution in [2.75, 3.05) is 5.32 Å². The molecule has 1 N–H and O–H groups in total. The Morgan fingerprint density at radius 3 is 2.74 bits per heavy atom. The minimum absolute atomic E-state index is 0.0587. The van der Waals surface area contributed by atoms with Gasteiger partial charge in [-0.1, -0.05) is 0 Å². The van der Waals surface area contributed by atoms with Crippen LogP contribution in [-0.4, -0.2) is 0 Å². The topological polar surface area (TPSA) is 35.8 Å². The summed E-state index contributed by atoms with van der Waals surface area (Å²) in [6.45, 7) is 3.71. The molecule has 0 radical (unpaired) electrons. The summed E-state index contributed by atoms with van der Waals surface area (Å²) in [6, 6.07) is 8.96. The molecule has 1 aromatic heterocycles. The van der Waals surface area contributed by atoms with Gasteiger partial charge in [-0.2, -0.15) is 5.26 Å². The van der Waals surface area contributed by atoms with Crippen molar-refractivity contribution < 1.29 is 4.39 Å². The first kappa shape index (κ1) is 14.0. The summed E-state index contributed by atoms with van der Waals surface area (Å²) in [4.78, 5) is 1.15. The highest BCUT2D eigenvalue weighted by molar-refractivity contribution is 9.11. The first-order valence-corrected chi connectivity index (χ1v) is 7.34. The average molecular weight is 339 g/mol. The largest absolute Gasteiger partial charge is 0.377 e. The zero-order valence-electron chi connectivity index (χ0n) is 10.5. The van der Waals surface area contributed by atoms with Gasteiger partial charge in [-0.15, -0.1) is 11.3 Å². The number of nitrogens with one attached hydrogen (secondary N) is 1. The van der Waals surface area contributed by atoms with Crippen LogP contribution >= 0.6 is 27.3 Å². The molecule has 2 aromatic rings. The van der Waals surface area contributed by atoms with Crippen LogP contribution in [0.15, 0.2) is 28.1 Å². The monoisotopic (exact) mass is 338 g/mol. The summed E-state index contributed by atoms with van der Waals surface area (Å²) in [6.07, 6.45) is 0. The van der Waals surface area contributed by atoms with Gasteiger partial charge >= 0.3 is 0 Å². The number of anilines is 1. The fourth-order valence-electron chi connectivity index (χ4n) is 1.76. The van der Waals surface area contributed by atoms with Crippen LogP contribution in [0.25, 0.3) is 0 Å². The molecule has 1 unspecified atom stereocenters. The Hall–Kier alpha value is -1.38. The first-order valence-electron chi connectivity index (χ1n) is 5.73. The standard InChI is InChI=1S/C14H12BrFN2S/c1-8-11(16)5-10(7-17)6-12(8)18-9(2)13-3-4-14(15)19-13/h3-6,9,18H,1-2H3. The van der Waals surface area contributed by atoms with Crippen LogP contribution in [0.3, 0.4) is 0 Å². The Labute approximate surface area is 124 Å². The molecular weight excluding hydrogens is 327 g/mol. The number of halogens is 2. The SMILES string of the molecule is Cc1c(F)cc(C#N)cc1NC(C)c1ccc(Br)s1. The van der Waals surface area contributed by atoms with Gasteiger partial charge in [0.2, 0.25) is 0 Å². The van der Waals surface area contributed by atoms with Crippen LogP contribution in [0, 0.1) is 24.1 Å². The molecule has 1 aromatic carbocycles. The van der Waals surface area contributed by atoms with E-state index in [9.17, 15) is 4.39 Å². The number of benzene rings is 1. The van der Waals surface area contributed by atoms with E-state index >= 15 is 0 Å². The summed E-state index contributed by atoms with van der Waals surface area (Å²) in [7, 11) is 0. The molecule has 1 heterocycles. The minimum atomic E-state index is -0.360. The molecule has 98 valence electrons. The third-order valence-electron chi connectivity index (χ3n) is 2.87. The maximum Gasteiger partial charge on any atom is 0.129 e. The fraction of sp³-hybridized carbons (Fsp3) is 0.214. The third-order valence-corrected chi connectivity index (χ3v) is 4.67. The van der Waals surface area contributed by atoms with Crippen LogP contribution in [0.1, 0.15) is 29.0 Å². The first-order chi connectivity index (χ1) is 9.01. The summed E-state index contributed by atoms with van der Waals surface area (Å²) in [5.41, 5.74) is 1.51. The van der Waals surface area contributed by atoms with Gasteiger partial charge in [0.25, 0.3) is 0 Å². The molecule has 0 bridgehead atoms. The fourth-order valence-corrected chi connectivity index (χ4v) is 3.18. The normalized spacial score (nSPS) is 11.9. The van der Waals surface area contributed by atoms with Gasteiger partial charge in [0.05, 0.1) is 21.5 Å². The molecule has 5 heteroatoms. The second-order valence-electron chi connectivity index (χ2n) is 4.25.